The Bertz CT molecular complexity index is 788. The van der Waals surface area contributed by atoms with Crippen molar-refractivity contribution in [2.75, 3.05) is 27.2 Å². The average molecular weight is 341 g/mol. The largest absolute Gasteiger partial charge is 0.394 e. The molecule has 0 radical (unpaired) electrons. The van der Waals surface area contributed by atoms with Crippen LogP contribution < -0.4 is 0 Å². The highest BCUT2D eigenvalue weighted by atomic mass is 16.3. The van der Waals surface area contributed by atoms with Crippen LogP contribution in [0.15, 0.2) is 24.3 Å². The Labute approximate surface area is 149 Å². The van der Waals surface area contributed by atoms with Gasteiger partial charge in [-0.05, 0) is 57.6 Å². The Hall–Kier alpha value is -1.98. The first-order valence-electron chi connectivity index (χ1n) is 8.93. The van der Waals surface area contributed by atoms with Crippen LogP contribution in [0, 0.1) is 6.92 Å². The van der Waals surface area contributed by atoms with E-state index in [1.807, 2.05) is 38.1 Å². The van der Waals surface area contributed by atoms with Crippen LogP contribution in [0.4, 0.5) is 0 Å². The lowest BCUT2D eigenvalue weighted by Crippen LogP contribution is -2.39. The van der Waals surface area contributed by atoms with Gasteiger partial charge in [0.25, 0.3) is 5.91 Å². The van der Waals surface area contributed by atoms with Crippen LogP contribution in [0.1, 0.15) is 35.0 Å². The molecule has 1 N–H and O–H groups in total. The number of benzene rings is 1. The molecule has 0 saturated carbocycles. The van der Waals surface area contributed by atoms with Crippen molar-refractivity contribution in [1.82, 2.24) is 14.8 Å². The standard InChI is InChI=1S/C20H27N3O2/c1-5-14-6-7-19-17(9-14)18(8-13(2)21-19)20(25)23-11-15(22(3)4)10-16(23)12-24/h6-9,15-16,24H,5,10-12H2,1-4H3/t15-,16+/m1/s1. The first kappa shape index (κ1) is 17.8. The number of amides is 1. The Morgan fingerprint density at radius 2 is 2.12 bits per heavy atom. The van der Waals surface area contributed by atoms with Gasteiger partial charge in [-0.15, -0.1) is 0 Å². The number of carbonyl (C=O) groups is 1. The average Bonchev–Trinajstić information content (AvgIpc) is 3.04. The fraction of sp³-hybridized carbons (Fsp3) is 0.500. The predicted octanol–water partition coefficient (Wildman–Crippen LogP) is 2.24. The second-order valence-corrected chi connectivity index (χ2v) is 7.16. The van der Waals surface area contributed by atoms with E-state index in [2.05, 4.69) is 28.9 Å². The quantitative estimate of drug-likeness (QED) is 0.927. The number of pyridine rings is 1. The van der Waals surface area contributed by atoms with E-state index in [1.165, 1.54) is 5.56 Å². The topological polar surface area (TPSA) is 56.7 Å². The summed E-state index contributed by atoms with van der Waals surface area (Å²) >= 11 is 0. The summed E-state index contributed by atoms with van der Waals surface area (Å²) < 4.78 is 0. The molecule has 5 nitrogen and oxygen atoms in total. The number of nitrogens with zero attached hydrogens (tertiary/aromatic N) is 3. The summed E-state index contributed by atoms with van der Waals surface area (Å²) in [6.07, 6.45) is 1.72. The number of aliphatic hydroxyl groups is 1. The van der Waals surface area contributed by atoms with Gasteiger partial charge in [0.15, 0.2) is 0 Å². The normalized spacial score (nSPS) is 20.6. The lowest BCUT2D eigenvalue weighted by molar-refractivity contribution is 0.0675. The molecule has 1 aliphatic rings. The summed E-state index contributed by atoms with van der Waals surface area (Å²) in [4.78, 5) is 21.9. The van der Waals surface area contributed by atoms with Crippen LogP contribution in [0.5, 0.6) is 0 Å². The first-order valence-corrected chi connectivity index (χ1v) is 8.93. The number of aryl methyl sites for hydroxylation is 2. The van der Waals surface area contributed by atoms with Crippen LogP contribution in [0.3, 0.4) is 0 Å². The van der Waals surface area contributed by atoms with Crippen molar-refractivity contribution in [3.8, 4) is 0 Å². The summed E-state index contributed by atoms with van der Waals surface area (Å²) in [7, 11) is 4.04. The summed E-state index contributed by atoms with van der Waals surface area (Å²) in [5.74, 6) is -0.00727. The Balaban J connectivity index is 2.04. The zero-order valence-corrected chi connectivity index (χ0v) is 15.5. The smallest absolute Gasteiger partial charge is 0.254 e. The molecule has 2 aromatic rings. The van der Waals surface area contributed by atoms with Crippen molar-refractivity contribution in [2.24, 2.45) is 0 Å². The Kier molecular flexibility index (Phi) is 5.06. The summed E-state index contributed by atoms with van der Waals surface area (Å²) in [5, 5.41) is 10.7. The van der Waals surface area contributed by atoms with Gasteiger partial charge < -0.3 is 14.9 Å². The van der Waals surface area contributed by atoms with Gasteiger partial charge in [-0.2, -0.15) is 0 Å². The van der Waals surface area contributed by atoms with E-state index in [0.29, 0.717) is 12.1 Å². The summed E-state index contributed by atoms with van der Waals surface area (Å²) in [5.41, 5.74) is 3.57. The fourth-order valence-electron chi connectivity index (χ4n) is 3.64. The number of carbonyl (C=O) groups excluding carboxylic acids is 1. The number of fused-ring (bicyclic) bond motifs is 1. The first-order chi connectivity index (χ1) is 11.9. The van der Waals surface area contributed by atoms with E-state index in [1.54, 1.807) is 0 Å². The molecule has 1 aromatic heterocycles. The number of rotatable bonds is 4. The van der Waals surface area contributed by atoms with Crippen LogP contribution in [0.2, 0.25) is 0 Å². The molecule has 3 rings (SSSR count). The van der Waals surface area contributed by atoms with E-state index in [0.717, 1.165) is 29.4 Å². The lowest BCUT2D eigenvalue weighted by Gasteiger charge is -2.24. The highest BCUT2D eigenvalue weighted by Crippen LogP contribution is 2.27. The second kappa shape index (κ2) is 7.10. The minimum absolute atomic E-state index is 0.00170. The molecule has 0 bridgehead atoms. The van der Waals surface area contributed by atoms with Crippen molar-refractivity contribution in [3.05, 3.63) is 41.1 Å². The van der Waals surface area contributed by atoms with Crippen molar-refractivity contribution in [3.63, 3.8) is 0 Å². The van der Waals surface area contributed by atoms with Crippen molar-refractivity contribution < 1.29 is 9.90 Å². The second-order valence-electron chi connectivity index (χ2n) is 7.16. The van der Waals surface area contributed by atoms with Gasteiger partial charge in [0.1, 0.15) is 0 Å². The van der Waals surface area contributed by atoms with Gasteiger partial charge >= 0.3 is 0 Å². The molecule has 0 unspecified atom stereocenters. The highest BCUT2D eigenvalue weighted by molar-refractivity contribution is 6.06. The number of hydrogen-bond acceptors (Lipinski definition) is 4. The Morgan fingerprint density at radius 1 is 1.36 bits per heavy atom. The van der Waals surface area contributed by atoms with Gasteiger partial charge in [0.2, 0.25) is 0 Å². The molecule has 2 atom stereocenters. The maximum Gasteiger partial charge on any atom is 0.254 e. The molecule has 134 valence electrons. The third kappa shape index (κ3) is 3.39. The predicted molar refractivity (Wildman–Crippen MR) is 99.9 cm³/mol. The van der Waals surface area contributed by atoms with Crippen molar-refractivity contribution in [2.45, 2.75) is 38.8 Å². The van der Waals surface area contributed by atoms with Gasteiger partial charge in [0, 0.05) is 23.7 Å². The van der Waals surface area contributed by atoms with Gasteiger partial charge in [-0.25, -0.2) is 0 Å². The molecule has 0 aliphatic carbocycles. The van der Waals surface area contributed by atoms with E-state index >= 15 is 0 Å². The fourth-order valence-corrected chi connectivity index (χ4v) is 3.64. The minimum Gasteiger partial charge on any atom is -0.394 e. The van der Waals surface area contributed by atoms with Crippen LogP contribution in [0.25, 0.3) is 10.9 Å². The highest BCUT2D eigenvalue weighted by Gasteiger charge is 2.36. The molecule has 1 fully saturated rings. The zero-order chi connectivity index (χ0) is 18.1. The van der Waals surface area contributed by atoms with E-state index in [9.17, 15) is 9.90 Å². The number of likely N-dealkylation sites (N-methyl/N-ethyl adjacent to an activating group) is 1. The lowest BCUT2D eigenvalue weighted by atomic mass is 10.0. The van der Waals surface area contributed by atoms with Gasteiger partial charge in [-0.1, -0.05) is 13.0 Å². The molecule has 1 aromatic carbocycles. The number of aromatic nitrogens is 1. The van der Waals surface area contributed by atoms with Gasteiger partial charge in [-0.3, -0.25) is 9.78 Å². The van der Waals surface area contributed by atoms with Crippen molar-refractivity contribution in [1.29, 1.82) is 0 Å². The number of likely N-dealkylation sites (tertiary alicyclic amines) is 1. The van der Waals surface area contributed by atoms with E-state index in [-0.39, 0.29) is 24.6 Å². The van der Waals surface area contributed by atoms with E-state index < -0.39 is 0 Å². The van der Waals surface area contributed by atoms with Crippen molar-refractivity contribution >= 4 is 16.8 Å². The Morgan fingerprint density at radius 3 is 2.76 bits per heavy atom. The molecule has 5 heteroatoms. The SMILES string of the molecule is CCc1ccc2nc(C)cc(C(=O)N3C[C@H](N(C)C)C[C@H]3CO)c2c1. The van der Waals surface area contributed by atoms with Gasteiger partial charge in [0.05, 0.1) is 23.7 Å². The third-order valence-electron chi connectivity index (χ3n) is 5.23. The molecular formula is C20H27N3O2. The number of hydrogen-bond donors (Lipinski definition) is 1. The molecule has 2 heterocycles. The molecule has 1 aliphatic heterocycles. The monoisotopic (exact) mass is 341 g/mol. The summed E-state index contributed by atoms with van der Waals surface area (Å²) in [6.45, 7) is 4.67. The minimum atomic E-state index is -0.127. The molecule has 25 heavy (non-hydrogen) atoms. The van der Waals surface area contributed by atoms with Crippen LogP contribution in [-0.2, 0) is 6.42 Å². The van der Waals surface area contributed by atoms with E-state index in [4.69, 9.17) is 0 Å². The maximum atomic E-state index is 13.3. The molecule has 1 amide bonds. The molecule has 1 saturated heterocycles. The zero-order valence-electron chi connectivity index (χ0n) is 15.5. The summed E-state index contributed by atoms with van der Waals surface area (Å²) in [6, 6.07) is 8.16. The third-order valence-corrected chi connectivity index (χ3v) is 5.23. The molecule has 0 spiro atoms. The molecular weight excluding hydrogens is 314 g/mol. The van der Waals surface area contributed by atoms with Crippen LogP contribution >= 0.6 is 0 Å². The van der Waals surface area contributed by atoms with Crippen LogP contribution in [-0.4, -0.2) is 65.1 Å². The maximum absolute atomic E-state index is 13.3. The number of aliphatic hydroxyl groups excluding tert-OH is 1.